The van der Waals surface area contributed by atoms with Crippen LogP contribution in [0.4, 0.5) is 0 Å². The Labute approximate surface area is 117 Å². The van der Waals surface area contributed by atoms with Crippen molar-refractivity contribution in [2.24, 2.45) is 0 Å². The Hall–Kier alpha value is -1.06. The Balaban J connectivity index is 3.02. The summed E-state index contributed by atoms with van der Waals surface area (Å²) in [7, 11) is 0. The van der Waals surface area contributed by atoms with E-state index in [1.807, 2.05) is 26.0 Å². The summed E-state index contributed by atoms with van der Waals surface area (Å²) in [5.41, 5.74) is 1.19. The lowest BCUT2D eigenvalue weighted by Gasteiger charge is -2.28. The zero-order valence-corrected chi connectivity index (χ0v) is 12.6. The first-order chi connectivity index (χ1) is 9.28. The van der Waals surface area contributed by atoms with Crippen molar-refractivity contribution in [1.82, 2.24) is 5.32 Å². The van der Waals surface area contributed by atoms with Crippen molar-refractivity contribution in [1.29, 1.82) is 0 Å². The van der Waals surface area contributed by atoms with Crippen LogP contribution < -0.4 is 10.1 Å². The van der Waals surface area contributed by atoms with Gasteiger partial charge in [0.05, 0.1) is 18.8 Å². The third-order valence-corrected chi connectivity index (χ3v) is 3.13. The molecular weight excluding hydrogens is 238 g/mol. The summed E-state index contributed by atoms with van der Waals surface area (Å²) < 4.78 is 11.6. The highest BCUT2D eigenvalue weighted by Crippen LogP contribution is 2.29. The minimum absolute atomic E-state index is 0.173. The van der Waals surface area contributed by atoms with E-state index in [2.05, 4.69) is 31.3 Å². The third-order valence-electron chi connectivity index (χ3n) is 3.13. The van der Waals surface area contributed by atoms with E-state index in [4.69, 9.17) is 9.47 Å². The van der Waals surface area contributed by atoms with E-state index in [-0.39, 0.29) is 12.1 Å². The van der Waals surface area contributed by atoms with Crippen LogP contribution in [0.3, 0.4) is 0 Å². The first-order valence-corrected chi connectivity index (χ1v) is 7.35. The first kappa shape index (κ1) is 16.0. The topological polar surface area (TPSA) is 30.5 Å². The maximum Gasteiger partial charge on any atom is 0.124 e. The fourth-order valence-corrected chi connectivity index (χ4v) is 2.35. The molecule has 1 rings (SSSR count). The normalized spacial score (nSPS) is 14.1. The molecule has 0 heterocycles. The lowest BCUT2D eigenvalue weighted by Crippen LogP contribution is -2.34. The summed E-state index contributed by atoms with van der Waals surface area (Å²) in [6.07, 6.45) is 1.15. The van der Waals surface area contributed by atoms with Crippen molar-refractivity contribution < 1.29 is 9.47 Å². The molecule has 1 N–H and O–H groups in total. The molecule has 1 aromatic rings. The molecule has 2 atom stereocenters. The van der Waals surface area contributed by atoms with Gasteiger partial charge in [-0.15, -0.1) is 0 Å². The zero-order valence-electron chi connectivity index (χ0n) is 12.6. The van der Waals surface area contributed by atoms with Crippen molar-refractivity contribution in [3.05, 3.63) is 29.8 Å². The van der Waals surface area contributed by atoms with Crippen LogP contribution in [0.1, 0.15) is 45.7 Å². The molecule has 0 radical (unpaired) electrons. The van der Waals surface area contributed by atoms with Crippen LogP contribution in [0.15, 0.2) is 24.3 Å². The predicted molar refractivity (Wildman–Crippen MR) is 79.7 cm³/mol. The minimum Gasteiger partial charge on any atom is -0.494 e. The number of benzene rings is 1. The molecule has 19 heavy (non-hydrogen) atoms. The Kier molecular flexibility index (Phi) is 7.53. The molecule has 0 aliphatic heterocycles. The van der Waals surface area contributed by atoms with E-state index < -0.39 is 0 Å². The molecule has 0 aliphatic carbocycles. The number of hydrogen-bond acceptors (Lipinski definition) is 3. The van der Waals surface area contributed by atoms with Crippen molar-refractivity contribution in [2.75, 3.05) is 19.8 Å². The molecule has 3 heteroatoms. The second kappa shape index (κ2) is 8.94. The summed E-state index contributed by atoms with van der Waals surface area (Å²) >= 11 is 0. The minimum atomic E-state index is 0.173. The molecule has 2 unspecified atom stereocenters. The van der Waals surface area contributed by atoms with Gasteiger partial charge in [-0.05, 0) is 32.9 Å². The Bertz CT molecular complexity index is 354. The van der Waals surface area contributed by atoms with Gasteiger partial charge in [0, 0.05) is 12.2 Å². The maximum atomic E-state index is 5.88. The standard InChI is InChI=1S/C16H27NO2/c1-5-14(18-7-3)16(17-6-2)13-11-9-10-12-15(13)19-8-4/h9-12,14,16-17H,5-8H2,1-4H3. The van der Waals surface area contributed by atoms with Crippen LogP contribution >= 0.6 is 0 Å². The molecule has 0 amide bonds. The van der Waals surface area contributed by atoms with Gasteiger partial charge in [0.1, 0.15) is 5.75 Å². The SMILES string of the molecule is CCNC(c1ccccc1OCC)C(CC)OCC. The summed E-state index contributed by atoms with van der Waals surface area (Å²) in [6.45, 7) is 10.7. The lowest BCUT2D eigenvalue weighted by molar-refractivity contribution is 0.0311. The first-order valence-electron chi connectivity index (χ1n) is 7.35. The summed E-state index contributed by atoms with van der Waals surface area (Å²) in [6, 6.07) is 8.40. The molecule has 0 spiro atoms. The monoisotopic (exact) mass is 265 g/mol. The number of nitrogens with one attached hydrogen (secondary N) is 1. The number of likely N-dealkylation sites (N-methyl/N-ethyl adjacent to an activating group) is 1. The Morgan fingerprint density at radius 3 is 2.37 bits per heavy atom. The predicted octanol–water partition coefficient (Wildman–Crippen LogP) is 3.55. The van der Waals surface area contributed by atoms with Gasteiger partial charge in [-0.1, -0.05) is 32.0 Å². The van der Waals surface area contributed by atoms with Crippen LogP contribution in [0.5, 0.6) is 5.75 Å². The zero-order chi connectivity index (χ0) is 14.1. The average molecular weight is 265 g/mol. The van der Waals surface area contributed by atoms with Gasteiger partial charge in [0.2, 0.25) is 0 Å². The maximum absolute atomic E-state index is 5.88. The van der Waals surface area contributed by atoms with Crippen molar-refractivity contribution in [3.8, 4) is 5.75 Å². The summed E-state index contributed by atoms with van der Waals surface area (Å²) in [5, 5.41) is 3.53. The molecule has 0 aromatic heterocycles. The van der Waals surface area contributed by atoms with E-state index in [9.17, 15) is 0 Å². The fourth-order valence-electron chi connectivity index (χ4n) is 2.35. The molecular formula is C16H27NO2. The molecule has 0 fully saturated rings. The van der Waals surface area contributed by atoms with E-state index in [1.165, 1.54) is 5.56 Å². The van der Waals surface area contributed by atoms with Crippen LogP contribution in [0.25, 0.3) is 0 Å². The van der Waals surface area contributed by atoms with Gasteiger partial charge in [-0.3, -0.25) is 0 Å². The molecule has 3 nitrogen and oxygen atoms in total. The Morgan fingerprint density at radius 2 is 1.79 bits per heavy atom. The van der Waals surface area contributed by atoms with Crippen LogP contribution in [-0.2, 0) is 4.74 Å². The van der Waals surface area contributed by atoms with E-state index in [0.29, 0.717) is 6.61 Å². The van der Waals surface area contributed by atoms with Gasteiger partial charge in [-0.2, -0.15) is 0 Å². The van der Waals surface area contributed by atoms with Gasteiger partial charge in [0.25, 0.3) is 0 Å². The van der Waals surface area contributed by atoms with Crippen molar-refractivity contribution in [3.63, 3.8) is 0 Å². The highest BCUT2D eigenvalue weighted by atomic mass is 16.5. The van der Waals surface area contributed by atoms with Crippen LogP contribution in [-0.4, -0.2) is 25.9 Å². The van der Waals surface area contributed by atoms with Crippen molar-refractivity contribution >= 4 is 0 Å². The quantitative estimate of drug-likeness (QED) is 0.740. The second-order valence-corrected chi connectivity index (χ2v) is 4.41. The van der Waals surface area contributed by atoms with Crippen LogP contribution in [0, 0.1) is 0 Å². The second-order valence-electron chi connectivity index (χ2n) is 4.41. The smallest absolute Gasteiger partial charge is 0.124 e. The van der Waals surface area contributed by atoms with E-state index >= 15 is 0 Å². The number of hydrogen-bond donors (Lipinski definition) is 1. The molecule has 108 valence electrons. The largest absolute Gasteiger partial charge is 0.494 e. The summed E-state index contributed by atoms with van der Waals surface area (Å²) in [4.78, 5) is 0. The molecule has 0 bridgehead atoms. The third kappa shape index (κ3) is 4.51. The van der Waals surface area contributed by atoms with Gasteiger partial charge in [0.15, 0.2) is 0 Å². The van der Waals surface area contributed by atoms with Crippen LogP contribution in [0.2, 0.25) is 0 Å². The highest BCUT2D eigenvalue weighted by molar-refractivity contribution is 5.36. The molecule has 0 saturated carbocycles. The molecule has 0 saturated heterocycles. The van der Waals surface area contributed by atoms with Gasteiger partial charge >= 0.3 is 0 Å². The lowest BCUT2D eigenvalue weighted by atomic mass is 9.98. The number of ether oxygens (including phenoxy) is 2. The summed E-state index contributed by atoms with van der Waals surface area (Å²) in [5.74, 6) is 0.953. The molecule has 0 aliphatic rings. The van der Waals surface area contributed by atoms with Gasteiger partial charge in [-0.25, -0.2) is 0 Å². The van der Waals surface area contributed by atoms with E-state index in [0.717, 1.165) is 25.3 Å². The molecule has 1 aromatic carbocycles. The van der Waals surface area contributed by atoms with E-state index in [1.54, 1.807) is 0 Å². The van der Waals surface area contributed by atoms with Gasteiger partial charge < -0.3 is 14.8 Å². The fraction of sp³-hybridized carbons (Fsp3) is 0.625. The van der Waals surface area contributed by atoms with Crippen molar-refractivity contribution in [2.45, 2.75) is 46.3 Å². The number of rotatable bonds is 9. The highest BCUT2D eigenvalue weighted by Gasteiger charge is 2.24. The number of para-hydroxylation sites is 1. The average Bonchev–Trinajstić information content (AvgIpc) is 2.44. The Morgan fingerprint density at radius 1 is 1.05 bits per heavy atom.